The second kappa shape index (κ2) is 10.1. The van der Waals surface area contributed by atoms with E-state index < -0.39 is 0 Å². The van der Waals surface area contributed by atoms with E-state index in [-0.39, 0.29) is 2.85 Å². The van der Waals surface area contributed by atoms with Gasteiger partial charge in [0, 0.05) is 9.40 Å². The number of hydroxylamine groups is 1. The second-order valence-electron chi connectivity index (χ2n) is 5.17. The zero-order valence-corrected chi connectivity index (χ0v) is 13.0. The van der Waals surface area contributed by atoms with Crippen LogP contribution in [0.2, 0.25) is 0 Å². The molecule has 0 atom stereocenters. The van der Waals surface area contributed by atoms with Crippen LogP contribution in [0, 0.1) is 13.8 Å². The lowest BCUT2D eigenvalue weighted by atomic mass is 10.1. The first-order chi connectivity index (χ1) is 10.2. The Morgan fingerprint density at radius 1 is 0.857 bits per heavy atom. The van der Waals surface area contributed by atoms with E-state index in [0.717, 1.165) is 19.4 Å². The largest absolute Gasteiger partial charge is 0.330 e. The van der Waals surface area contributed by atoms with E-state index in [0.29, 0.717) is 6.54 Å². The maximum Gasteiger partial charge on any atom is 0.0247 e. The summed E-state index contributed by atoms with van der Waals surface area (Å²) in [5, 5.41) is 8.33. The minimum Gasteiger partial charge on any atom is -0.330 e. The predicted octanol–water partition coefficient (Wildman–Crippen LogP) is 3.50. The van der Waals surface area contributed by atoms with Crippen molar-refractivity contribution in [2.75, 3.05) is 13.1 Å². The molecule has 0 aliphatic carbocycles. The van der Waals surface area contributed by atoms with Crippen molar-refractivity contribution in [1.29, 1.82) is 0 Å². The molecular formula is C18H30N2O. The fourth-order valence-electron chi connectivity index (χ4n) is 1.88. The second-order valence-corrected chi connectivity index (χ2v) is 5.17. The third-order valence-corrected chi connectivity index (χ3v) is 3.20. The molecule has 0 radical (unpaired) electrons. The van der Waals surface area contributed by atoms with Crippen LogP contribution in [0.5, 0.6) is 0 Å². The Balaban J connectivity index is 0. The van der Waals surface area contributed by atoms with Gasteiger partial charge in [-0.1, -0.05) is 59.7 Å². The molecular weight excluding hydrogens is 260 g/mol. The van der Waals surface area contributed by atoms with Crippen molar-refractivity contribution in [2.45, 2.75) is 26.7 Å². The first-order valence-electron chi connectivity index (χ1n) is 7.34. The molecule has 2 rings (SSSR count). The van der Waals surface area contributed by atoms with Gasteiger partial charge in [0.2, 0.25) is 0 Å². The molecule has 0 bridgehead atoms. The number of hydrogen-bond acceptors (Lipinski definition) is 3. The van der Waals surface area contributed by atoms with E-state index in [1.165, 1.54) is 22.3 Å². The van der Waals surface area contributed by atoms with Crippen LogP contribution in [0.3, 0.4) is 0 Å². The first kappa shape index (κ1) is 17.4. The van der Waals surface area contributed by atoms with E-state index >= 15 is 0 Å². The molecule has 0 aromatic heterocycles. The summed E-state index contributed by atoms with van der Waals surface area (Å²) in [6, 6.07) is 16.8. The quantitative estimate of drug-likeness (QED) is 0.739. The van der Waals surface area contributed by atoms with Gasteiger partial charge in [-0.25, -0.2) is 5.48 Å². The minimum atomic E-state index is 0. The van der Waals surface area contributed by atoms with Crippen molar-refractivity contribution in [1.82, 2.24) is 5.48 Å². The molecule has 0 unspecified atom stereocenters. The van der Waals surface area contributed by atoms with Crippen molar-refractivity contribution in [3.05, 3.63) is 70.8 Å². The average molecular weight is 290 g/mol. The molecule has 21 heavy (non-hydrogen) atoms. The molecule has 0 saturated carbocycles. The summed E-state index contributed by atoms with van der Waals surface area (Å²) >= 11 is 0. The summed E-state index contributed by atoms with van der Waals surface area (Å²) < 4.78 is 0. The van der Waals surface area contributed by atoms with Crippen LogP contribution < -0.4 is 11.2 Å². The maximum atomic E-state index is 8.33. The van der Waals surface area contributed by atoms with Gasteiger partial charge in [0.1, 0.15) is 0 Å². The monoisotopic (exact) mass is 290 g/mol. The van der Waals surface area contributed by atoms with Gasteiger partial charge in [-0.2, -0.15) is 0 Å². The van der Waals surface area contributed by atoms with Gasteiger partial charge >= 0.3 is 0 Å². The van der Waals surface area contributed by atoms with Gasteiger partial charge in [0.05, 0.1) is 0 Å². The van der Waals surface area contributed by atoms with Crippen LogP contribution >= 0.6 is 0 Å². The van der Waals surface area contributed by atoms with Crippen LogP contribution in [0.25, 0.3) is 0 Å². The number of hydrogen-bond donors (Lipinski definition) is 3. The standard InChI is InChI=1S/C9H13NO.C9H13N.2H2/c1-8-2-4-9(5-3-8)6-7-10-11;1-8-2-4-9(5-3-8)6-7-10;;/h2-5,10-11H,6-7H2,1H3;2-5H,6-7,10H2,1H3;2*1H. The van der Waals surface area contributed by atoms with Crippen molar-refractivity contribution in [3.8, 4) is 0 Å². The summed E-state index contributed by atoms with van der Waals surface area (Å²) in [5.41, 5.74) is 12.7. The summed E-state index contributed by atoms with van der Waals surface area (Å²) in [4.78, 5) is 0. The van der Waals surface area contributed by atoms with Crippen LogP contribution in [-0.2, 0) is 12.8 Å². The normalized spacial score (nSPS) is 9.90. The number of aryl methyl sites for hydroxylation is 2. The van der Waals surface area contributed by atoms with Crippen LogP contribution in [0.15, 0.2) is 48.5 Å². The Hall–Kier alpha value is -1.68. The number of nitrogens with two attached hydrogens (primary N) is 1. The lowest BCUT2D eigenvalue weighted by Gasteiger charge is -1.99. The molecule has 4 N–H and O–H groups in total. The molecule has 2 aromatic carbocycles. The molecule has 3 nitrogen and oxygen atoms in total. The predicted molar refractivity (Wildman–Crippen MR) is 92.8 cm³/mol. The van der Waals surface area contributed by atoms with Crippen molar-refractivity contribution in [3.63, 3.8) is 0 Å². The fourth-order valence-corrected chi connectivity index (χ4v) is 1.88. The van der Waals surface area contributed by atoms with Crippen LogP contribution in [0.1, 0.15) is 25.1 Å². The number of rotatable bonds is 5. The van der Waals surface area contributed by atoms with Gasteiger partial charge in [-0.3, -0.25) is 0 Å². The third-order valence-electron chi connectivity index (χ3n) is 3.20. The molecule has 0 spiro atoms. The highest BCUT2D eigenvalue weighted by atomic mass is 16.5. The summed E-state index contributed by atoms with van der Waals surface area (Å²) in [6.45, 7) is 5.51. The highest BCUT2D eigenvalue weighted by Crippen LogP contribution is 2.03. The minimum absolute atomic E-state index is 0. The zero-order valence-electron chi connectivity index (χ0n) is 13.0. The number of benzene rings is 2. The summed E-state index contributed by atoms with van der Waals surface area (Å²) in [7, 11) is 0. The first-order valence-corrected chi connectivity index (χ1v) is 7.34. The Morgan fingerprint density at radius 3 is 1.67 bits per heavy atom. The lowest BCUT2D eigenvalue weighted by molar-refractivity contribution is 0.168. The van der Waals surface area contributed by atoms with Crippen LogP contribution in [-0.4, -0.2) is 18.3 Å². The Kier molecular flexibility index (Phi) is 8.36. The smallest absolute Gasteiger partial charge is 0.0247 e. The average Bonchev–Trinajstić information content (AvgIpc) is 2.50. The Labute approximate surface area is 130 Å². The Morgan fingerprint density at radius 2 is 1.29 bits per heavy atom. The molecule has 118 valence electrons. The molecule has 0 fully saturated rings. The van der Waals surface area contributed by atoms with Gasteiger partial charge in [-0.15, -0.1) is 0 Å². The molecule has 2 aromatic rings. The summed E-state index contributed by atoms with van der Waals surface area (Å²) in [5.74, 6) is 0. The number of nitrogens with one attached hydrogen (secondary N) is 1. The van der Waals surface area contributed by atoms with Gasteiger partial charge in [0.25, 0.3) is 0 Å². The zero-order chi connectivity index (χ0) is 15.5. The SMILES string of the molecule is Cc1ccc(CCN)cc1.Cc1ccc(CCNO)cc1.[HH].[HH]. The lowest BCUT2D eigenvalue weighted by Crippen LogP contribution is -2.10. The van der Waals surface area contributed by atoms with Crippen molar-refractivity contribution < 1.29 is 8.06 Å². The van der Waals surface area contributed by atoms with E-state index in [4.69, 9.17) is 10.9 Å². The van der Waals surface area contributed by atoms with Gasteiger partial charge in [0.15, 0.2) is 0 Å². The molecule has 0 amide bonds. The molecule has 0 aliphatic rings. The highest BCUT2D eigenvalue weighted by molar-refractivity contribution is 5.22. The van der Waals surface area contributed by atoms with E-state index in [9.17, 15) is 0 Å². The summed E-state index contributed by atoms with van der Waals surface area (Å²) in [6.07, 6.45) is 1.86. The van der Waals surface area contributed by atoms with E-state index in [2.05, 4.69) is 67.9 Å². The van der Waals surface area contributed by atoms with Crippen molar-refractivity contribution in [2.24, 2.45) is 5.73 Å². The van der Waals surface area contributed by atoms with Gasteiger partial charge < -0.3 is 10.9 Å². The topological polar surface area (TPSA) is 58.3 Å². The van der Waals surface area contributed by atoms with Crippen molar-refractivity contribution >= 4 is 0 Å². The maximum absolute atomic E-state index is 8.33. The van der Waals surface area contributed by atoms with Crippen LogP contribution in [0.4, 0.5) is 0 Å². The third kappa shape index (κ3) is 7.61. The Bertz CT molecular complexity index is 501. The fraction of sp³-hybridized carbons (Fsp3) is 0.333. The van der Waals surface area contributed by atoms with Gasteiger partial charge in [-0.05, 0) is 44.4 Å². The highest BCUT2D eigenvalue weighted by Gasteiger charge is 1.90. The molecule has 3 heteroatoms. The van der Waals surface area contributed by atoms with E-state index in [1.54, 1.807) is 0 Å². The molecule has 0 aliphatic heterocycles. The van der Waals surface area contributed by atoms with E-state index in [1.807, 2.05) is 0 Å². The molecule has 0 saturated heterocycles. The molecule has 0 heterocycles.